The third kappa shape index (κ3) is 4.33. The highest BCUT2D eigenvalue weighted by Crippen LogP contribution is 2.16. The quantitative estimate of drug-likeness (QED) is 0.852. The average molecular weight is 262 g/mol. The molecule has 1 saturated heterocycles. The summed E-state index contributed by atoms with van der Waals surface area (Å²) in [6, 6.07) is 8.12. The van der Waals surface area contributed by atoms with Gasteiger partial charge in [-0.25, -0.2) is 0 Å². The summed E-state index contributed by atoms with van der Waals surface area (Å²) in [5.74, 6) is 0.516. The Morgan fingerprint density at radius 3 is 2.79 bits per heavy atom. The van der Waals surface area contributed by atoms with Gasteiger partial charge in [0.2, 0.25) is 5.91 Å². The third-order valence-corrected chi connectivity index (χ3v) is 3.59. The Hall–Kier alpha value is -1.39. The molecule has 0 aromatic heterocycles. The number of carbonyl (C=O) groups excluding carboxylic acids is 1. The van der Waals surface area contributed by atoms with Crippen LogP contribution in [0.4, 0.5) is 5.69 Å². The van der Waals surface area contributed by atoms with E-state index in [9.17, 15) is 4.79 Å². The number of hydrogen-bond donors (Lipinski definition) is 2. The van der Waals surface area contributed by atoms with Crippen molar-refractivity contribution in [2.24, 2.45) is 5.92 Å². The van der Waals surface area contributed by atoms with Gasteiger partial charge in [0, 0.05) is 18.3 Å². The van der Waals surface area contributed by atoms with Crippen molar-refractivity contribution >= 4 is 11.6 Å². The van der Waals surface area contributed by atoms with Gasteiger partial charge in [0.05, 0.1) is 13.2 Å². The van der Waals surface area contributed by atoms with Gasteiger partial charge in [0.15, 0.2) is 0 Å². The Morgan fingerprint density at radius 2 is 2.16 bits per heavy atom. The lowest BCUT2D eigenvalue weighted by Gasteiger charge is -2.18. The molecule has 2 atom stereocenters. The standard InChI is InChI=1S/C15H22N2O2/c1-11-3-5-14(6-4-11)17-15(18)9-16-12(2)13-7-8-19-10-13/h3-6,12-13,16H,7-10H2,1-2H3,(H,17,18). The molecule has 4 heteroatoms. The van der Waals surface area contributed by atoms with Crippen LogP contribution >= 0.6 is 0 Å². The van der Waals surface area contributed by atoms with Crippen LogP contribution in [0, 0.1) is 12.8 Å². The molecule has 0 radical (unpaired) electrons. The van der Waals surface area contributed by atoms with Gasteiger partial charge in [-0.2, -0.15) is 0 Å². The zero-order valence-corrected chi connectivity index (χ0v) is 11.6. The van der Waals surface area contributed by atoms with Crippen molar-refractivity contribution in [1.29, 1.82) is 0 Å². The van der Waals surface area contributed by atoms with Crippen molar-refractivity contribution in [3.05, 3.63) is 29.8 Å². The molecule has 1 amide bonds. The number of aryl methyl sites for hydroxylation is 1. The van der Waals surface area contributed by atoms with E-state index in [4.69, 9.17) is 4.74 Å². The average Bonchev–Trinajstić information content (AvgIpc) is 2.93. The van der Waals surface area contributed by atoms with E-state index < -0.39 is 0 Å². The van der Waals surface area contributed by atoms with Crippen LogP contribution in [0.3, 0.4) is 0 Å². The number of ether oxygens (including phenoxy) is 1. The van der Waals surface area contributed by atoms with Gasteiger partial charge < -0.3 is 15.4 Å². The molecule has 104 valence electrons. The number of benzene rings is 1. The second-order valence-electron chi connectivity index (χ2n) is 5.21. The molecule has 4 nitrogen and oxygen atoms in total. The molecule has 19 heavy (non-hydrogen) atoms. The van der Waals surface area contributed by atoms with E-state index in [-0.39, 0.29) is 5.91 Å². The highest BCUT2D eigenvalue weighted by molar-refractivity contribution is 5.92. The van der Waals surface area contributed by atoms with Gasteiger partial charge in [0.1, 0.15) is 0 Å². The van der Waals surface area contributed by atoms with Gasteiger partial charge in [-0.1, -0.05) is 17.7 Å². The van der Waals surface area contributed by atoms with Crippen molar-refractivity contribution < 1.29 is 9.53 Å². The van der Waals surface area contributed by atoms with Crippen LogP contribution in [0.5, 0.6) is 0 Å². The Morgan fingerprint density at radius 1 is 1.42 bits per heavy atom. The summed E-state index contributed by atoms with van der Waals surface area (Å²) in [4.78, 5) is 11.8. The topological polar surface area (TPSA) is 50.4 Å². The lowest BCUT2D eigenvalue weighted by Crippen LogP contribution is -2.39. The molecule has 0 saturated carbocycles. The zero-order valence-electron chi connectivity index (χ0n) is 11.6. The van der Waals surface area contributed by atoms with Crippen LogP contribution < -0.4 is 10.6 Å². The summed E-state index contributed by atoms with van der Waals surface area (Å²) in [7, 11) is 0. The molecule has 0 aliphatic carbocycles. The number of hydrogen-bond acceptors (Lipinski definition) is 3. The SMILES string of the molecule is Cc1ccc(NC(=O)CNC(C)C2CCOC2)cc1. The molecule has 1 aromatic rings. The predicted octanol–water partition coefficient (Wildman–Crippen LogP) is 1.95. The number of anilines is 1. The summed E-state index contributed by atoms with van der Waals surface area (Å²) < 4.78 is 5.35. The first-order chi connectivity index (χ1) is 9.15. The number of nitrogens with one attached hydrogen (secondary N) is 2. The normalized spacial score (nSPS) is 20.2. The van der Waals surface area contributed by atoms with E-state index in [2.05, 4.69) is 17.6 Å². The molecule has 0 bridgehead atoms. The van der Waals surface area contributed by atoms with Crippen molar-refractivity contribution in [1.82, 2.24) is 5.32 Å². The maximum absolute atomic E-state index is 11.8. The smallest absolute Gasteiger partial charge is 0.238 e. The van der Waals surface area contributed by atoms with Crippen LogP contribution in [0.15, 0.2) is 24.3 Å². The van der Waals surface area contributed by atoms with Crippen LogP contribution in [0.2, 0.25) is 0 Å². The van der Waals surface area contributed by atoms with Crippen molar-refractivity contribution in [2.75, 3.05) is 25.1 Å². The molecule has 1 aromatic carbocycles. The maximum Gasteiger partial charge on any atom is 0.238 e. The highest BCUT2D eigenvalue weighted by atomic mass is 16.5. The summed E-state index contributed by atoms with van der Waals surface area (Å²) in [5.41, 5.74) is 2.03. The molecule has 1 aliphatic heterocycles. The minimum absolute atomic E-state index is 0.00498. The molecule has 2 unspecified atom stereocenters. The van der Waals surface area contributed by atoms with Crippen molar-refractivity contribution in [3.8, 4) is 0 Å². The minimum atomic E-state index is -0.00498. The van der Waals surface area contributed by atoms with Crippen LogP contribution in [0.1, 0.15) is 18.9 Å². The molecule has 1 aliphatic rings. The molecule has 1 fully saturated rings. The van der Waals surface area contributed by atoms with Gasteiger partial charge in [-0.3, -0.25) is 4.79 Å². The monoisotopic (exact) mass is 262 g/mol. The Balaban J connectivity index is 1.73. The van der Waals surface area contributed by atoms with E-state index in [0.717, 1.165) is 25.3 Å². The lowest BCUT2D eigenvalue weighted by molar-refractivity contribution is -0.115. The third-order valence-electron chi connectivity index (χ3n) is 3.59. The fraction of sp³-hybridized carbons (Fsp3) is 0.533. The Bertz CT molecular complexity index is 411. The van der Waals surface area contributed by atoms with E-state index in [1.807, 2.05) is 31.2 Å². The van der Waals surface area contributed by atoms with Crippen molar-refractivity contribution in [2.45, 2.75) is 26.3 Å². The van der Waals surface area contributed by atoms with Crippen LogP contribution in [-0.4, -0.2) is 31.7 Å². The van der Waals surface area contributed by atoms with E-state index in [1.54, 1.807) is 0 Å². The number of carbonyl (C=O) groups is 1. The lowest BCUT2D eigenvalue weighted by atomic mass is 10.0. The van der Waals surface area contributed by atoms with E-state index >= 15 is 0 Å². The van der Waals surface area contributed by atoms with E-state index in [1.165, 1.54) is 5.56 Å². The fourth-order valence-corrected chi connectivity index (χ4v) is 2.21. The van der Waals surface area contributed by atoms with Gasteiger partial charge >= 0.3 is 0 Å². The Kier molecular flexibility index (Phi) is 4.93. The first kappa shape index (κ1) is 14.0. The van der Waals surface area contributed by atoms with Gasteiger partial charge in [0.25, 0.3) is 0 Å². The van der Waals surface area contributed by atoms with Crippen molar-refractivity contribution in [3.63, 3.8) is 0 Å². The second-order valence-corrected chi connectivity index (χ2v) is 5.21. The van der Waals surface area contributed by atoms with E-state index in [0.29, 0.717) is 18.5 Å². The van der Waals surface area contributed by atoms with Gasteiger partial charge in [-0.05, 0) is 38.3 Å². The molecule has 2 rings (SSSR count). The summed E-state index contributed by atoms with van der Waals surface area (Å²) in [6.07, 6.45) is 1.08. The summed E-state index contributed by atoms with van der Waals surface area (Å²) >= 11 is 0. The summed E-state index contributed by atoms with van der Waals surface area (Å²) in [6.45, 7) is 6.11. The minimum Gasteiger partial charge on any atom is -0.381 e. The first-order valence-corrected chi connectivity index (χ1v) is 6.83. The first-order valence-electron chi connectivity index (χ1n) is 6.83. The molecular formula is C15H22N2O2. The summed E-state index contributed by atoms with van der Waals surface area (Å²) in [5, 5.41) is 6.15. The molecule has 1 heterocycles. The highest BCUT2D eigenvalue weighted by Gasteiger charge is 2.22. The Labute approximate surface area is 114 Å². The number of amides is 1. The van der Waals surface area contributed by atoms with Crippen LogP contribution in [-0.2, 0) is 9.53 Å². The molecule has 0 spiro atoms. The molecular weight excluding hydrogens is 240 g/mol. The zero-order chi connectivity index (χ0) is 13.7. The molecule has 2 N–H and O–H groups in total. The predicted molar refractivity (Wildman–Crippen MR) is 76.2 cm³/mol. The second kappa shape index (κ2) is 6.68. The fourth-order valence-electron chi connectivity index (χ4n) is 2.21. The van der Waals surface area contributed by atoms with Gasteiger partial charge in [-0.15, -0.1) is 0 Å². The van der Waals surface area contributed by atoms with Crippen LogP contribution in [0.25, 0.3) is 0 Å². The number of rotatable bonds is 5. The maximum atomic E-state index is 11.8. The largest absolute Gasteiger partial charge is 0.381 e.